The molecule has 0 radical (unpaired) electrons. The Morgan fingerprint density at radius 2 is 2.38 bits per heavy atom. The summed E-state index contributed by atoms with van der Waals surface area (Å²) in [5, 5.41) is 0. The van der Waals surface area contributed by atoms with Crippen LogP contribution in [0.15, 0.2) is 10.5 Å². The van der Waals surface area contributed by atoms with E-state index in [-0.39, 0.29) is 5.97 Å². The van der Waals surface area contributed by atoms with Crippen molar-refractivity contribution in [2.75, 3.05) is 7.11 Å². The van der Waals surface area contributed by atoms with Crippen LogP contribution in [-0.4, -0.2) is 13.1 Å². The molecule has 72 valence electrons. The summed E-state index contributed by atoms with van der Waals surface area (Å²) in [6.07, 6.45) is 2.09. The van der Waals surface area contributed by atoms with Gasteiger partial charge in [-0.3, -0.25) is 0 Å². The Labute approximate surface area is 90.0 Å². The molecule has 0 bridgehead atoms. The minimum atomic E-state index is -0.256. The predicted molar refractivity (Wildman–Crippen MR) is 57.4 cm³/mol. The Morgan fingerprint density at radius 3 is 2.92 bits per heavy atom. The number of ether oxygens (including phenoxy) is 1. The maximum Gasteiger partial charge on any atom is 0.348 e. The third-order valence-corrected chi connectivity index (χ3v) is 3.77. The van der Waals surface area contributed by atoms with Crippen LogP contribution in [0, 0.1) is 0 Å². The third-order valence-electron chi connectivity index (χ3n) is 1.62. The molecule has 2 nitrogen and oxygen atoms in total. The van der Waals surface area contributed by atoms with E-state index in [1.54, 1.807) is 0 Å². The first kappa shape index (κ1) is 10.7. The van der Waals surface area contributed by atoms with Gasteiger partial charge in [0.2, 0.25) is 0 Å². The van der Waals surface area contributed by atoms with Crippen molar-refractivity contribution >= 4 is 33.2 Å². The number of esters is 1. The maximum atomic E-state index is 11.2. The largest absolute Gasteiger partial charge is 0.465 e. The van der Waals surface area contributed by atoms with Gasteiger partial charge in [-0.1, -0.05) is 13.3 Å². The lowest BCUT2D eigenvalue weighted by atomic mass is 10.3. The van der Waals surface area contributed by atoms with Gasteiger partial charge in [-0.25, -0.2) is 4.79 Å². The van der Waals surface area contributed by atoms with Crippen LogP contribution in [0.3, 0.4) is 0 Å². The summed E-state index contributed by atoms with van der Waals surface area (Å²) in [6, 6.07) is 1.82. The molecule has 0 aromatic carbocycles. The number of rotatable bonds is 3. The molecule has 1 aromatic heterocycles. The second-order valence-corrected chi connectivity index (χ2v) is 4.61. The second kappa shape index (κ2) is 4.77. The van der Waals surface area contributed by atoms with Crippen LogP contribution >= 0.6 is 27.3 Å². The lowest BCUT2D eigenvalue weighted by Crippen LogP contribution is -1.96. The van der Waals surface area contributed by atoms with Crippen LogP contribution in [0.2, 0.25) is 0 Å². The van der Waals surface area contributed by atoms with Gasteiger partial charge in [0, 0.05) is 9.35 Å². The molecule has 0 aliphatic carbocycles. The molecule has 0 N–H and O–H groups in total. The quantitative estimate of drug-likeness (QED) is 0.782. The predicted octanol–water partition coefficient (Wildman–Crippen LogP) is 3.25. The molecule has 0 amide bonds. The van der Waals surface area contributed by atoms with Gasteiger partial charge in [-0.05, 0) is 28.4 Å². The van der Waals surface area contributed by atoms with Crippen molar-refractivity contribution in [3.05, 3.63) is 20.3 Å². The summed E-state index contributed by atoms with van der Waals surface area (Å²) in [4.78, 5) is 13.0. The summed E-state index contributed by atoms with van der Waals surface area (Å²) < 4.78 is 5.65. The zero-order valence-electron chi connectivity index (χ0n) is 7.59. The number of hydrogen-bond donors (Lipinski definition) is 0. The van der Waals surface area contributed by atoms with E-state index in [1.165, 1.54) is 23.3 Å². The van der Waals surface area contributed by atoms with Crippen molar-refractivity contribution in [3.8, 4) is 0 Å². The van der Waals surface area contributed by atoms with Gasteiger partial charge in [0.05, 0.1) is 7.11 Å². The van der Waals surface area contributed by atoms with Gasteiger partial charge >= 0.3 is 5.97 Å². The van der Waals surface area contributed by atoms with Crippen molar-refractivity contribution in [2.24, 2.45) is 0 Å². The fourth-order valence-corrected chi connectivity index (χ4v) is 2.90. The van der Waals surface area contributed by atoms with Gasteiger partial charge in [0.1, 0.15) is 4.88 Å². The van der Waals surface area contributed by atoms with Crippen molar-refractivity contribution in [3.63, 3.8) is 0 Å². The van der Waals surface area contributed by atoms with E-state index in [2.05, 4.69) is 27.6 Å². The minimum absolute atomic E-state index is 0.256. The maximum absolute atomic E-state index is 11.2. The van der Waals surface area contributed by atoms with Gasteiger partial charge in [-0.15, -0.1) is 11.3 Å². The molecule has 0 saturated heterocycles. The molecule has 0 aliphatic heterocycles. The first-order chi connectivity index (χ1) is 6.19. The Morgan fingerprint density at radius 1 is 1.69 bits per heavy atom. The van der Waals surface area contributed by atoms with Gasteiger partial charge in [0.15, 0.2) is 0 Å². The van der Waals surface area contributed by atoms with E-state index in [9.17, 15) is 4.79 Å². The summed E-state index contributed by atoms with van der Waals surface area (Å²) in [5.74, 6) is -0.256. The van der Waals surface area contributed by atoms with E-state index in [1.807, 2.05) is 6.07 Å². The lowest BCUT2D eigenvalue weighted by molar-refractivity contribution is 0.0606. The molecule has 13 heavy (non-hydrogen) atoms. The summed E-state index contributed by atoms with van der Waals surface area (Å²) in [5.41, 5.74) is 0. The summed E-state index contributed by atoms with van der Waals surface area (Å²) in [6.45, 7) is 2.12. The SMILES string of the molecule is CCCc1sc(C(=O)OC)cc1Br. The second-order valence-electron chi connectivity index (χ2n) is 2.62. The van der Waals surface area contributed by atoms with Crippen LogP contribution in [0.4, 0.5) is 0 Å². The summed E-state index contributed by atoms with van der Waals surface area (Å²) >= 11 is 4.91. The van der Waals surface area contributed by atoms with Crippen molar-refractivity contribution in [1.82, 2.24) is 0 Å². The van der Waals surface area contributed by atoms with E-state index >= 15 is 0 Å². The fourth-order valence-electron chi connectivity index (χ4n) is 1.01. The van der Waals surface area contributed by atoms with Crippen LogP contribution in [0.25, 0.3) is 0 Å². The van der Waals surface area contributed by atoms with Crippen LogP contribution in [0.1, 0.15) is 27.9 Å². The van der Waals surface area contributed by atoms with Crippen LogP contribution in [0.5, 0.6) is 0 Å². The van der Waals surface area contributed by atoms with Gasteiger partial charge < -0.3 is 4.74 Å². The average Bonchev–Trinajstić information content (AvgIpc) is 2.47. The van der Waals surface area contributed by atoms with E-state index in [4.69, 9.17) is 0 Å². The Hall–Kier alpha value is -0.350. The molecule has 0 saturated carbocycles. The van der Waals surface area contributed by atoms with E-state index in [0.29, 0.717) is 4.88 Å². The highest BCUT2D eigenvalue weighted by molar-refractivity contribution is 9.10. The molecule has 0 unspecified atom stereocenters. The standard InChI is InChI=1S/C9H11BrO2S/c1-3-4-7-6(10)5-8(13-7)9(11)12-2/h5H,3-4H2,1-2H3. The fraction of sp³-hybridized carbons (Fsp3) is 0.444. The molecule has 1 heterocycles. The van der Waals surface area contributed by atoms with E-state index < -0.39 is 0 Å². The molecular formula is C9H11BrO2S. The normalized spacial score (nSPS) is 10.1. The molecule has 0 fully saturated rings. The first-order valence-corrected chi connectivity index (χ1v) is 5.66. The van der Waals surface area contributed by atoms with Crippen LogP contribution in [-0.2, 0) is 11.2 Å². The lowest BCUT2D eigenvalue weighted by Gasteiger charge is -1.92. The van der Waals surface area contributed by atoms with Crippen LogP contribution < -0.4 is 0 Å². The highest BCUT2D eigenvalue weighted by Crippen LogP contribution is 2.28. The molecule has 0 spiro atoms. The van der Waals surface area contributed by atoms with Gasteiger partial charge in [0.25, 0.3) is 0 Å². The number of carbonyl (C=O) groups is 1. The highest BCUT2D eigenvalue weighted by Gasteiger charge is 2.12. The number of halogens is 1. The third kappa shape index (κ3) is 2.54. The molecular weight excluding hydrogens is 252 g/mol. The van der Waals surface area contributed by atoms with Crippen molar-refractivity contribution < 1.29 is 9.53 Å². The number of methoxy groups -OCH3 is 1. The molecule has 4 heteroatoms. The molecule has 0 aliphatic rings. The number of thiophene rings is 1. The van der Waals surface area contributed by atoms with Crippen molar-refractivity contribution in [2.45, 2.75) is 19.8 Å². The molecule has 1 aromatic rings. The topological polar surface area (TPSA) is 26.3 Å². The number of aryl methyl sites for hydroxylation is 1. The van der Waals surface area contributed by atoms with E-state index in [0.717, 1.165) is 17.3 Å². The zero-order valence-corrected chi connectivity index (χ0v) is 10.00. The Kier molecular flexibility index (Phi) is 3.93. The monoisotopic (exact) mass is 262 g/mol. The Balaban J connectivity index is 2.88. The minimum Gasteiger partial charge on any atom is -0.465 e. The highest BCUT2D eigenvalue weighted by atomic mass is 79.9. The number of carbonyl (C=O) groups excluding carboxylic acids is 1. The molecule has 0 atom stereocenters. The average molecular weight is 263 g/mol. The Bertz CT molecular complexity index is 307. The summed E-state index contributed by atoms with van der Waals surface area (Å²) in [7, 11) is 1.40. The first-order valence-electron chi connectivity index (χ1n) is 4.05. The van der Waals surface area contributed by atoms with Gasteiger partial charge in [-0.2, -0.15) is 0 Å². The van der Waals surface area contributed by atoms with Crippen molar-refractivity contribution in [1.29, 1.82) is 0 Å². The molecule has 1 rings (SSSR count). The number of hydrogen-bond acceptors (Lipinski definition) is 3. The smallest absolute Gasteiger partial charge is 0.348 e. The zero-order chi connectivity index (χ0) is 9.84.